The molecule has 0 unspecified atom stereocenters. The molecule has 2 heterocycles. The smallest absolute Gasteiger partial charge is 0.315 e. The van der Waals surface area contributed by atoms with Gasteiger partial charge in [0.2, 0.25) is 5.91 Å². The predicted octanol–water partition coefficient (Wildman–Crippen LogP) is 5.91. The van der Waals surface area contributed by atoms with Crippen molar-refractivity contribution in [2.24, 2.45) is 0 Å². The molecule has 8 heteroatoms. The Hall–Kier alpha value is -4.20. The number of nitrogens with one attached hydrogen (secondary N) is 1. The zero-order valence-corrected chi connectivity index (χ0v) is 21.6. The summed E-state index contributed by atoms with van der Waals surface area (Å²) in [6.45, 7) is 2.46. The van der Waals surface area contributed by atoms with E-state index in [0.717, 1.165) is 41.0 Å². The van der Waals surface area contributed by atoms with Crippen LogP contribution >= 0.6 is 0 Å². The van der Waals surface area contributed by atoms with Gasteiger partial charge >= 0.3 is 5.97 Å². The summed E-state index contributed by atoms with van der Waals surface area (Å²) in [6, 6.07) is 18.2. The molecule has 2 aromatic carbocycles. The van der Waals surface area contributed by atoms with Gasteiger partial charge < -0.3 is 14.8 Å². The minimum atomic E-state index is -0.559. The Balaban J connectivity index is 1.42. The monoisotopic (exact) mass is 512 g/mol. The van der Waals surface area contributed by atoms with Crippen LogP contribution in [0.15, 0.2) is 67.0 Å². The molecule has 1 N–H and O–H groups in total. The van der Waals surface area contributed by atoms with E-state index in [9.17, 15) is 9.59 Å². The third-order valence-electron chi connectivity index (χ3n) is 6.85. The van der Waals surface area contributed by atoms with E-state index in [-0.39, 0.29) is 13.0 Å². The number of nitrogens with zero attached hydrogens (tertiary/aromatic N) is 3. The number of carbonyl (C=O) groups excluding carboxylic acids is 2. The SMILES string of the molecule is CCOC(=O)CC(=O)Nc1cnn2c(C3CCCCC3)c(-c3ccc(OCc4ccccc4)cc3)cnc12. The van der Waals surface area contributed by atoms with Gasteiger partial charge in [-0.1, -0.05) is 61.7 Å². The Kier molecular flexibility index (Phi) is 7.97. The highest BCUT2D eigenvalue weighted by molar-refractivity contribution is 6.03. The number of aromatic nitrogens is 3. The molecule has 1 saturated carbocycles. The molecular weight excluding hydrogens is 480 g/mol. The molecule has 196 valence electrons. The first-order chi connectivity index (χ1) is 18.6. The summed E-state index contributed by atoms with van der Waals surface area (Å²) in [7, 11) is 0. The second kappa shape index (κ2) is 11.9. The minimum absolute atomic E-state index is 0.234. The van der Waals surface area contributed by atoms with E-state index < -0.39 is 11.9 Å². The zero-order chi connectivity index (χ0) is 26.3. The second-order valence-corrected chi connectivity index (χ2v) is 9.51. The molecule has 1 fully saturated rings. The van der Waals surface area contributed by atoms with E-state index in [1.54, 1.807) is 13.1 Å². The van der Waals surface area contributed by atoms with Crippen molar-refractivity contribution in [1.29, 1.82) is 0 Å². The number of benzene rings is 2. The van der Waals surface area contributed by atoms with Gasteiger partial charge in [-0.3, -0.25) is 9.59 Å². The maximum absolute atomic E-state index is 12.4. The molecule has 0 radical (unpaired) electrons. The third kappa shape index (κ3) is 5.85. The number of anilines is 1. The first-order valence-electron chi connectivity index (χ1n) is 13.2. The number of carbonyl (C=O) groups is 2. The summed E-state index contributed by atoms with van der Waals surface area (Å²) in [5.74, 6) is 0.128. The fraction of sp³-hybridized carbons (Fsp3) is 0.333. The number of esters is 1. The lowest BCUT2D eigenvalue weighted by atomic mass is 9.84. The van der Waals surface area contributed by atoms with Crippen LogP contribution < -0.4 is 10.1 Å². The van der Waals surface area contributed by atoms with Gasteiger partial charge in [0.25, 0.3) is 0 Å². The highest BCUT2D eigenvalue weighted by atomic mass is 16.5. The van der Waals surface area contributed by atoms with Gasteiger partial charge in [0.05, 0.1) is 18.5 Å². The minimum Gasteiger partial charge on any atom is -0.489 e. The highest BCUT2D eigenvalue weighted by Gasteiger charge is 2.25. The van der Waals surface area contributed by atoms with Gasteiger partial charge in [-0.05, 0) is 43.0 Å². The molecule has 0 bridgehead atoms. The molecule has 5 rings (SSSR count). The van der Waals surface area contributed by atoms with Crippen LogP contribution in [0, 0.1) is 0 Å². The molecule has 8 nitrogen and oxygen atoms in total. The number of fused-ring (bicyclic) bond motifs is 1. The summed E-state index contributed by atoms with van der Waals surface area (Å²) >= 11 is 0. The lowest BCUT2D eigenvalue weighted by molar-refractivity contribution is -0.145. The maximum Gasteiger partial charge on any atom is 0.315 e. The summed E-state index contributed by atoms with van der Waals surface area (Å²) in [4.78, 5) is 28.8. The quantitative estimate of drug-likeness (QED) is 0.221. The topological polar surface area (TPSA) is 94.8 Å². The summed E-state index contributed by atoms with van der Waals surface area (Å²) in [5, 5.41) is 7.40. The summed E-state index contributed by atoms with van der Waals surface area (Å²) in [6.07, 6.45) is 8.85. The Morgan fingerprint density at radius 3 is 2.50 bits per heavy atom. The Morgan fingerprint density at radius 2 is 1.76 bits per heavy atom. The summed E-state index contributed by atoms with van der Waals surface area (Å²) < 4.78 is 12.7. The number of hydrogen-bond donors (Lipinski definition) is 1. The van der Waals surface area contributed by atoms with Crippen LogP contribution in [0.5, 0.6) is 5.75 Å². The maximum atomic E-state index is 12.4. The largest absolute Gasteiger partial charge is 0.489 e. The van der Waals surface area contributed by atoms with E-state index >= 15 is 0 Å². The third-order valence-corrected chi connectivity index (χ3v) is 6.85. The highest BCUT2D eigenvalue weighted by Crippen LogP contribution is 2.39. The predicted molar refractivity (Wildman–Crippen MR) is 145 cm³/mol. The van der Waals surface area contributed by atoms with Crippen LogP contribution in [-0.2, 0) is 20.9 Å². The normalized spacial score (nSPS) is 13.8. The second-order valence-electron chi connectivity index (χ2n) is 9.51. The van der Waals surface area contributed by atoms with Crippen molar-refractivity contribution in [1.82, 2.24) is 14.6 Å². The molecule has 0 saturated heterocycles. The van der Waals surface area contributed by atoms with Gasteiger partial charge in [0.1, 0.15) is 24.5 Å². The van der Waals surface area contributed by atoms with Crippen LogP contribution in [-0.4, -0.2) is 33.1 Å². The van der Waals surface area contributed by atoms with Crippen molar-refractivity contribution in [2.75, 3.05) is 11.9 Å². The zero-order valence-electron chi connectivity index (χ0n) is 21.6. The molecule has 0 atom stereocenters. The van der Waals surface area contributed by atoms with Gasteiger partial charge in [-0.25, -0.2) is 9.50 Å². The summed E-state index contributed by atoms with van der Waals surface area (Å²) in [5.41, 5.74) is 5.32. The van der Waals surface area contributed by atoms with Crippen molar-refractivity contribution >= 4 is 23.2 Å². The average Bonchev–Trinajstić information content (AvgIpc) is 3.35. The van der Waals surface area contributed by atoms with Gasteiger partial charge in [-0.15, -0.1) is 0 Å². The van der Waals surface area contributed by atoms with Crippen molar-refractivity contribution in [3.63, 3.8) is 0 Å². The van der Waals surface area contributed by atoms with E-state index in [1.165, 1.54) is 19.3 Å². The van der Waals surface area contributed by atoms with Crippen LogP contribution in [0.1, 0.15) is 62.6 Å². The molecule has 0 spiro atoms. The van der Waals surface area contributed by atoms with E-state index in [2.05, 4.69) is 27.5 Å². The standard InChI is InChI=1S/C30H32N4O4/c1-2-37-28(36)17-27(35)33-26-19-32-34-29(23-11-7-4-8-12-23)25(18-31-30(26)34)22-13-15-24(16-14-22)38-20-21-9-5-3-6-10-21/h3,5-6,9-10,13-16,18-19,23H,2,4,7-8,11-12,17,20H2,1H3,(H,33,35). The Morgan fingerprint density at radius 1 is 1.00 bits per heavy atom. The first kappa shape index (κ1) is 25.4. The van der Waals surface area contributed by atoms with Gasteiger partial charge in [-0.2, -0.15) is 5.10 Å². The number of amides is 1. The van der Waals surface area contributed by atoms with Crippen LogP contribution in [0.4, 0.5) is 5.69 Å². The van der Waals surface area contributed by atoms with Crippen molar-refractivity contribution < 1.29 is 19.1 Å². The fourth-order valence-electron chi connectivity index (χ4n) is 5.04. The molecule has 38 heavy (non-hydrogen) atoms. The molecule has 1 aliphatic rings. The first-order valence-corrected chi connectivity index (χ1v) is 13.2. The lowest BCUT2D eigenvalue weighted by Gasteiger charge is -2.25. The molecular formula is C30H32N4O4. The molecule has 0 aliphatic heterocycles. The number of rotatable bonds is 9. The molecule has 2 aromatic heterocycles. The van der Waals surface area contributed by atoms with Crippen molar-refractivity contribution in [3.05, 3.63) is 78.2 Å². The molecule has 1 aliphatic carbocycles. The Labute approximate surface area is 222 Å². The van der Waals surface area contributed by atoms with Gasteiger partial charge in [0, 0.05) is 17.7 Å². The van der Waals surface area contributed by atoms with E-state index in [4.69, 9.17) is 9.47 Å². The van der Waals surface area contributed by atoms with Gasteiger partial charge in [0.15, 0.2) is 5.65 Å². The van der Waals surface area contributed by atoms with Crippen LogP contribution in [0.2, 0.25) is 0 Å². The molecule has 1 amide bonds. The van der Waals surface area contributed by atoms with Crippen molar-refractivity contribution in [3.8, 4) is 16.9 Å². The number of hydrogen-bond acceptors (Lipinski definition) is 6. The molecule has 4 aromatic rings. The van der Waals surface area contributed by atoms with E-state index in [1.807, 2.05) is 53.2 Å². The Bertz CT molecular complexity index is 1390. The fourth-order valence-corrected chi connectivity index (χ4v) is 5.04. The van der Waals surface area contributed by atoms with Crippen molar-refractivity contribution in [2.45, 2.75) is 58.0 Å². The lowest BCUT2D eigenvalue weighted by Crippen LogP contribution is -2.18. The van der Waals surface area contributed by atoms with Crippen LogP contribution in [0.25, 0.3) is 16.8 Å². The van der Waals surface area contributed by atoms with Crippen LogP contribution in [0.3, 0.4) is 0 Å². The average molecular weight is 513 g/mol. The number of ether oxygens (including phenoxy) is 2. The van der Waals surface area contributed by atoms with E-state index in [0.29, 0.717) is 23.9 Å².